The molecular weight excluding hydrogens is 260 g/mol. The van der Waals surface area contributed by atoms with Crippen molar-refractivity contribution in [3.8, 4) is 0 Å². The van der Waals surface area contributed by atoms with Gasteiger partial charge in [-0.1, -0.05) is 26.7 Å². The first kappa shape index (κ1) is 15.3. The Morgan fingerprint density at radius 3 is 2.53 bits per heavy atom. The normalized spacial score (nSPS) is 30.5. The maximum Gasteiger partial charge on any atom is 0.218 e. The Bertz CT molecular complexity index is 394. The summed E-state index contributed by atoms with van der Waals surface area (Å²) in [6, 6.07) is 0.624. The van der Waals surface area contributed by atoms with Gasteiger partial charge in [-0.15, -0.1) is 0 Å². The Labute approximate surface area is 118 Å². The summed E-state index contributed by atoms with van der Waals surface area (Å²) in [4.78, 5) is 0. The van der Waals surface area contributed by atoms with E-state index in [9.17, 15) is 8.42 Å². The third-order valence-electron chi connectivity index (χ3n) is 4.61. The molecule has 2 fully saturated rings. The van der Waals surface area contributed by atoms with E-state index in [-0.39, 0.29) is 5.25 Å². The molecule has 0 aromatic rings. The standard InChI is InChI=1S/C14H28N2O2S/c1-11(2)15-10-12(3)19(17,18)16-9-8-13-6-4-5-7-14(13)16/h11-15H,4-10H2,1-3H3. The van der Waals surface area contributed by atoms with E-state index in [1.165, 1.54) is 19.3 Å². The van der Waals surface area contributed by atoms with Crippen molar-refractivity contribution in [3.05, 3.63) is 0 Å². The van der Waals surface area contributed by atoms with Crippen molar-refractivity contribution in [2.75, 3.05) is 13.1 Å². The molecule has 2 rings (SSSR count). The maximum absolute atomic E-state index is 12.7. The second-order valence-corrected chi connectivity index (χ2v) is 8.73. The van der Waals surface area contributed by atoms with Gasteiger partial charge in [-0.2, -0.15) is 4.31 Å². The van der Waals surface area contributed by atoms with Gasteiger partial charge < -0.3 is 5.32 Å². The largest absolute Gasteiger partial charge is 0.313 e. The summed E-state index contributed by atoms with van der Waals surface area (Å²) in [5, 5.41) is 2.92. The van der Waals surface area contributed by atoms with Crippen LogP contribution in [0.5, 0.6) is 0 Å². The zero-order chi connectivity index (χ0) is 14.0. The monoisotopic (exact) mass is 288 g/mol. The first-order valence-corrected chi connectivity index (χ1v) is 9.17. The van der Waals surface area contributed by atoms with Gasteiger partial charge in [-0.05, 0) is 32.1 Å². The van der Waals surface area contributed by atoms with E-state index in [2.05, 4.69) is 5.32 Å². The van der Waals surface area contributed by atoms with Crippen LogP contribution in [0.1, 0.15) is 52.9 Å². The average Bonchev–Trinajstić information content (AvgIpc) is 2.80. The SMILES string of the molecule is CC(C)NCC(C)S(=O)(=O)N1CCC2CCCCC21. The number of nitrogens with one attached hydrogen (secondary N) is 1. The summed E-state index contributed by atoms with van der Waals surface area (Å²) < 4.78 is 27.2. The molecule has 19 heavy (non-hydrogen) atoms. The summed E-state index contributed by atoms with van der Waals surface area (Å²) in [7, 11) is -3.13. The molecule has 112 valence electrons. The van der Waals surface area contributed by atoms with Crippen LogP contribution < -0.4 is 5.32 Å². The van der Waals surface area contributed by atoms with Gasteiger partial charge in [0.2, 0.25) is 10.0 Å². The van der Waals surface area contributed by atoms with Crippen molar-refractivity contribution in [2.45, 2.75) is 70.2 Å². The fourth-order valence-electron chi connectivity index (χ4n) is 3.42. The molecule has 3 atom stereocenters. The lowest BCUT2D eigenvalue weighted by atomic mass is 9.86. The lowest BCUT2D eigenvalue weighted by molar-refractivity contribution is 0.258. The zero-order valence-corrected chi connectivity index (χ0v) is 13.2. The highest BCUT2D eigenvalue weighted by atomic mass is 32.2. The molecular formula is C14H28N2O2S. The smallest absolute Gasteiger partial charge is 0.218 e. The number of hydrogen-bond donors (Lipinski definition) is 1. The number of fused-ring (bicyclic) bond motifs is 1. The minimum Gasteiger partial charge on any atom is -0.313 e. The molecule has 1 aliphatic heterocycles. The molecule has 0 radical (unpaired) electrons. The fraction of sp³-hybridized carbons (Fsp3) is 1.00. The highest BCUT2D eigenvalue weighted by Crippen LogP contribution is 2.38. The Morgan fingerprint density at radius 2 is 1.84 bits per heavy atom. The molecule has 3 unspecified atom stereocenters. The molecule has 1 heterocycles. The molecule has 2 aliphatic rings. The Morgan fingerprint density at radius 1 is 1.16 bits per heavy atom. The van der Waals surface area contributed by atoms with Gasteiger partial charge in [-0.25, -0.2) is 8.42 Å². The van der Waals surface area contributed by atoms with Crippen LogP contribution in [0.3, 0.4) is 0 Å². The van der Waals surface area contributed by atoms with E-state index in [0.29, 0.717) is 24.5 Å². The summed E-state index contributed by atoms with van der Waals surface area (Å²) in [5.74, 6) is 0.619. The summed E-state index contributed by atoms with van der Waals surface area (Å²) in [5.41, 5.74) is 0. The van der Waals surface area contributed by atoms with E-state index < -0.39 is 10.0 Å². The second-order valence-electron chi connectivity index (χ2n) is 6.43. The van der Waals surface area contributed by atoms with Crippen molar-refractivity contribution >= 4 is 10.0 Å². The van der Waals surface area contributed by atoms with Crippen LogP contribution in [0.15, 0.2) is 0 Å². The third kappa shape index (κ3) is 3.31. The van der Waals surface area contributed by atoms with E-state index in [4.69, 9.17) is 0 Å². The number of rotatable bonds is 5. The van der Waals surface area contributed by atoms with Crippen LogP contribution in [0.2, 0.25) is 0 Å². The van der Waals surface area contributed by atoms with Gasteiger partial charge in [0.25, 0.3) is 0 Å². The predicted octanol–water partition coefficient (Wildman–Crippen LogP) is 1.97. The van der Waals surface area contributed by atoms with Crippen molar-refractivity contribution in [3.63, 3.8) is 0 Å². The second kappa shape index (κ2) is 6.10. The first-order valence-electron chi connectivity index (χ1n) is 7.67. The van der Waals surface area contributed by atoms with Crippen LogP contribution in [0.25, 0.3) is 0 Å². The Kier molecular flexibility index (Phi) is 4.90. The summed E-state index contributed by atoms with van der Waals surface area (Å²) in [6.45, 7) is 7.22. The Balaban J connectivity index is 2.02. The predicted molar refractivity (Wildman–Crippen MR) is 78.6 cm³/mol. The molecule has 1 saturated heterocycles. The van der Waals surface area contributed by atoms with Crippen molar-refractivity contribution in [1.29, 1.82) is 0 Å². The first-order chi connectivity index (χ1) is 8.93. The number of sulfonamides is 1. The fourth-order valence-corrected chi connectivity index (χ4v) is 5.20. The topological polar surface area (TPSA) is 49.4 Å². The number of hydrogen-bond acceptors (Lipinski definition) is 3. The third-order valence-corrected chi connectivity index (χ3v) is 6.90. The van der Waals surface area contributed by atoms with Crippen molar-refractivity contribution < 1.29 is 8.42 Å². The zero-order valence-electron chi connectivity index (χ0n) is 12.4. The Hall–Kier alpha value is -0.130. The minimum atomic E-state index is -3.13. The molecule has 0 aromatic heterocycles. The molecule has 1 saturated carbocycles. The molecule has 0 aromatic carbocycles. The quantitative estimate of drug-likeness (QED) is 0.841. The lowest BCUT2D eigenvalue weighted by Gasteiger charge is -2.32. The van der Waals surface area contributed by atoms with Crippen LogP contribution >= 0.6 is 0 Å². The van der Waals surface area contributed by atoms with Gasteiger partial charge in [0, 0.05) is 25.2 Å². The van der Waals surface area contributed by atoms with Gasteiger partial charge in [0.15, 0.2) is 0 Å². The van der Waals surface area contributed by atoms with Gasteiger partial charge >= 0.3 is 0 Å². The summed E-state index contributed by atoms with van der Waals surface area (Å²) >= 11 is 0. The molecule has 1 N–H and O–H groups in total. The highest BCUT2D eigenvalue weighted by molar-refractivity contribution is 7.89. The van der Waals surface area contributed by atoms with E-state index >= 15 is 0 Å². The molecule has 0 spiro atoms. The van der Waals surface area contributed by atoms with E-state index in [1.807, 2.05) is 25.1 Å². The molecule has 5 heteroatoms. The van der Waals surface area contributed by atoms with Crippen LogP contribution in [0, 0.1) is 5.92 Å². The minimum absolute atomic E-state index is 0.292. The van der Waals surface area contributed by atoms with E-state index in [1.54, 1.807) is 0 Å². The molecule has 1 aliphatic carbocycles. The van der Waals surface area contributed by atoms with Crippen LogP contribution in [-0.2, 0) is 10.0 Å². The average molecular weight is 288 g/mol. The number of nitrogens with zero attached hydrogens (tertiary/aromatic N) is 1. The summed E-state index contributed by atoms with van der Waals surface area (Å²) in [6.07, 6.45) is 5.81. The molecule has 0 amide bonds. The van der Waals surface area contributed by atoms with Gasteiger partial charge in [-0.3, -0.25) is 0 Å². The maximum atomic E-state index is 12.7. The lowest BCUT2D eigenvalue weighted by Crippen LogP contribution is -2.46. The molecule has 0 bridgehead atoms. The highest BCUT2D eigenvalue weighted by Gasteiger charge is 2.43. The van der Waals surface area contributed by atoms with Crippen molar-refractivity contribution in [2.24, 2.45) is 5.92 Å². The molecule has 4 nitrogen and oxygen atoms in total. The van der Waals surface area contributed by atoms with Gasteiger partial charge in [0.1, 0.15) is 0 Å². The van der Waals surface area contributed by atoms with E-state index in [0.717, 1.165) is 19.4 Å². The van der Waals surface area contributed by atoms with Gasteiger partial charge in [0.05, 0.1) is 5.25 Å². The van der Waals surface area contributed by atoms with Crippen molar-refractivity contribution in [1.82, 2.24) is 9.62 Å². The van der Waals surface area contributed by atoms with Crippen LogP contribution in [0.4, 0.5) is 0 Å². The van der Waals surface area contributed by atoms with Crippen LogP contribution in [-0.4, -0.2) is 43.1 Å².